The molecule has 104 valence electrons. The van der Waals surface area contributed by atoms with Crippen LogP contribution < -0.4 is 5.32 Å². The molecule has 2 aliphatic carbocycles. The molecule has 4 rings (SSSR count). The Kier molecular flexibility index (Phi) is 2.94. The fourth-order valence-corrected chi connectivity index (χ4v) is 2.98. The van der Waals surface area contributed by atoms with Gasteiger partial charge in [0.05, 0.1) is 6.54 Å². The fourth-order valence-electron chi connectivity index (χ4n) is 2.98. The van der Waals surface area contributed by atoms with Crippen molar-refractivity contribution < 1.29 is 0 Å². The molecule has 20 heavy (non-hydrogen) atoms. The molecule has 2 saturated carbocycles. The van der Waals surface area contributed by atoms with Gasteiger partial charge in [0.25, 0.3) is 0 Å². The number of hydrogen-bond acceptors (Lipinski definition) is 3. The van der Waals surface area contributed by atoms with E-state index in [1.54, 1.807) is 12.7 Å². The van der Waals surface area contributed by atoms with Gasteiger partial charge in [0.2, 0.25) is 0 Å². The van der Waals surface area contributed by atoms with Gasteiger partial charge >= 0.3 is 0 Å². The molecule has 2 aliphatic rings. The molecule has 0 unspecified atom stereocenters. The minimum atomic E-state index is 0.705. The van der Waals surface area contributed by atoms with E-state index >= 15 is 0 Å². The van der Waals surface area contributed by atoms with Gasteiger partial charge < -0.3 is 5.32 Å². The van der Waals surface area contributed by atoms with Crippen LogP contribution in [0.1, 0.15) is 31.2 Å². The van der Waals surface area contributed by atoms with Crippen molar-refractivity contribution in [3.8, 4) is 0 Å². The van der Waals surface area contributed by atoms with Crippen molar-refractivity contribution in [1.29, 1.82) is 0 Å². The van der Waals surface area contributed by atoms with Crippen molar-refractivity contribution >= 4 is 5.69 Å². The summed E-state index contributed by atoms with van der Waals surface area (Å²) in [5.41, 5.74) is 2.53. The first-order valence-corrected chi connectivity index (χ1v) is 7.56. The van der Waals surface area contributed by atoms with Crippen molar-refractivity contribution in [3.63, 3.8) is 0 Å². The molecule has 4 heteroatoms. The molecular weight excluding hydrogens is 248 g/mol. The summed E-state index contributed by atoms with van der Waals surface area (Å²) in [6, 6.07) is 9.42. The SMILES string of the molecule is c1cc(Cn2cncn2)cc(NC(C2CC2)C2CC2)c1. The highest BCUT2D eigenvalue weighted by Gasteiger charge is 2.41. The number of nitrogens with one attached hydrogen (secondary N) is 1. The topological polar surface area (TPSA) is 42.7 Å². The Morgan fingerprint density at radius 1 is 1.20 bits per heavy atom. The van der Waals surface area contributed by atoms with Crippen molar-refractivity contribution in [2.24, 2.45) is 11.8 Å². The van der Waals surface area contributed by atoms with Crippen LogP contribution in [0.5, 0.6) is 0 Å². The Bertz CT molecular complexity index is 558. The third kappa shape index (κ3) is 2.69. The summed E-state index contributed by atoms with van der Waals surface area (Å²) in [6.07, 6.45) is 8.98. The van der Waals surface area contributed by atoms with E-state index in [4.69, 9.17) is 0 Å². The maximum Gasteiger partial charge on any atom is 0.137 e. The molecule has 0 amide bonds. The molecule has 0 radical (unpaired) electrons. The van der Waals surface area contributed by atoms with E-state index in [1.807, 2.05) is 4.68 Å². The van der Waals surface area contributed by atoms with Crippen molar-refractivity contribution in [2.45, 2.75) is 38.3 Å². The van der Waals surface area contributed by atoms with Crippen LogP contribution in [0.3, 0.4) is 0 Å². The number of benzene rings is 1. The quantitative estimate of drug-likeness (QED) is 0.876. The summed E-state index contributed by atoms with van der Waals surface area (Å²) in [5.74, 6) is 1.84. The summed E-state index contributed by atoms with van der Waals surface area (Å²) in [4.78, 5) is 3.99. The first-order valence-electron chi connectivity index (χ1n) is 7.56. The molecule has 0 atom stereocenters. The predicted octanol–water partition coefficient (Wildman–Crippen LogP) is 2.93. The van der Waals surface area contributed by atoms with Crippen molar-refractivity contribution in [1.82, 2.24) is 14.8 Å². The number of rotatable bonds is 6. The second kappa shape index (κ2) is 4.93. The minimum Gasteiger partial charge on any atom is -0.382 e. The van der Waals surface area contributed by atoms with E-state index in [9.17, 15) is 0 Å². The standard InChI is InChI=1S/C16H20N4/c1-2-12(9-20-11-17-10-18-20)8-15(3-1)19-16(13-4-5-13)14-6-7-14/h1-3,8,10-11,13-14,16,19H,4-7,9H2. The van der Waals surface area contributed by atoms with Gasteiger partial charge in [-0.1, -0.05) is 12.1 Å². The Morgan fingerprint density at radius 2 is 2.00 bits per heavy atom. The van der Waals surface area contributed by atoms with Crippen LogP contribution >= 0.6 is 0 Å². The van der Waals surface area contributed by atoms with Crippen LogP contribution in [0, 0.1) is 11.8 Å². The van der Waals surface area contributed by atoms with Crippen LogP contribution in [-0.2, 0) is 6.54 Å². The summed E-state index contributed by atoms with van der Waals surface area (Å²) < 4.78 is 1.86. The van der Waals surface area contributed by atoms with Gasteiger partial charge in [-0.3, -0.25) is 0 Å². The Morgan fingerprint density at radius 3 is 2.65 bits per heavy atom. The van der Waals surface area contributed by atoms with Crippen LogP contribution in [0.15, 0.2) is 36.9 Å². The molecule has 0 aliphatic heterocycles. The highest BCUT2D eigenvalue weighted by atomic mass is 15.3. The lowest BCUT2D eigenvalue weighted by atomic mass is 10.1. The molecule has 0 bridgehead atoms. The lowest BCUT2D eigenvalue weighted by molar-refractivity contribution is 0.567. The fraction of sp³-hybridized carbons (Fsp3) is 0.500. The van der Waals surface area contributed by atoms with Gasteiger partial charge in [0, 0.05) is 11.7 Å². The second-order valence-electron chi connectivity index (χ2n) is 6.14. The van der Waals surface area contributed by atoms with Gasteiger partial charge in [0.15, 0.2) is 0 Å². The Hall–Kier alpha value is -1.84. The lowest BCUT2D eigenvalue weighted by Gasteiger charge is -2.19. The lowest BCUT2D eigenvalue weighted by Crippen LogP contribution is -2.24. The zero-order valence-corrected chi connectivity index (χ0v) is 11.6. The maximum absolute atomic E-state index is 4.16. The zero-order chi connectivity index (χ0) is 13.4. The third-order valence-electron chi connectivity index (χ3n) is 4.33. The highest BCUT2D eigenvalue weighted by molar-refractivity contribution is 5.47. The molecule has 0 spiro atoms. The van der Waals surface area contributed by atoms with Crippen molar-refractivity contribution in [2.75, 3.05) is 5.32 Å². The molecule has 1 aromatic carbocycles. The minimum absolute atomic E-state index is 0.705. The van der Waals surface area contributed by atoms with E-state index in [1.165, 1.54) is 36.9 Å². The molecule has 4 nitrogen and oxygen atoms in total. The first kappa shape index (κ1) is 11.9. The van der Waals surface area contributed by atoms with Crippen LogP contribution in [-0.4, -0.2) is 20.8 Å². The van der Waals surface area contributed by atoms with Crippen LogP contribution in [0.4, 0.5) is 5.69 Å². The van der Waals surface area contributed by atoms with Gasteiger partial charge in [-0.25, -0.2) is 9.67 Å². The third-order valence-corrected chi connectivity index (χ3v) is 4.33. The molecule has 1 aromatic heterocycles. The normalized spacial score (nSPS) is 18.4. The monoisotopic (exact) mass is 268 g/mol. The van der Waals surface area contributed by atoms with E-state index in [0.717, 1.165) is 18.4 Å². The smallest absolute Gasteiger partial charge is 0.137 e. The molecular formula is C16H20N4. The van der Waals surface area contributed by atoms with Crippen molar-refractivity contribution in [3.05, 3.63) is 42.5 Å². The van der Waals surface area contributed by atoms with E-state index < -0.39 is 0 Å². The van der Waals surface area contributed by atoms with Crippen LogP contribution in [0.2, 0.25) is 0 Å². The molecule has 2 fully saturated rings. The van der Waals surface area contributed by atoms with E-state index in [2.05, 4.69) is 39.7 Å². The second-order valence-corrected chi connectivity index (χ2v) is 6.14. The largest absolute Gasteiger partial charge is 0.382 e. The van der Waals surface area contributed by atoms with Crippen LogP contribution in [0.25, 0.3) is 0 Å². The highest BCUT2D eigenvalue weighted by Crippen LogP contribution is 2.45. The number of nitrogens with zero attached hydrogens (tertiary/aromatic N) is 3. The van der Waals surface area contributed by atoms with Gasteiger partial charge in [-0.2, -0.15) is 5.10 Å². The summed E-state index contributed by atoms with van der Waals surface area (Å²) in [5, 5.41) is 7.94. The Balaban J connectivity index is 1.47. The average Bonchev–Trinajstić information content (AvgIpc) is 3.38. The Labute approximate surface area is 119 Å². The van der Waals surface area contributed by atoms with E-state index in [0.29, 0.717) is 6.04 Å². The number of anilines is 1. The summed E-state index contributed by atoms with van der Waals surface area (Å²) >= 11 is 0. The van der Waals surface area contributed by atoms with Gasteiger partial charge in [0.1, 0.15) is 12.7 Å². The maximum atomic E-state index is 4.16. The molecule has 1 heterocycles. The molecule has 2 aromatic rings. The zero-order valence-electron chi connectivity index (χ0n) is 11.6. The summed E-state index contributed by atoms with van der Waals surface area (Å²) in [7, 11) is 0. The molecule has 1 N–H and O–H groups in total. The average molecular weight is 268 g/mol. The van der Waals surface area contributed by atoms with Gasteiger partial charge in [-0.15, -0.1) is 0 Å². The molecule has 0 saturated heterocycles. The van der Waals surface area contributed by atoms with E-state index in [-0.39, 0.29) is 0 Å². The number of hydrogen-bond donors (Lipinski definition) is 1. The predicted molar refractivity (Wildman–Crippen MR) is 78.4 cm³/mol. The first-order chi connectivity index (χ1) is 9.88. The van der Waals surface area contributed by atoms with Gasteiger partial charge in [-0.05, 0) is 55.2 Å². The summed E-state index contributed by atoms with van der Waals surface area (Å²) in [6.45, 7) is 0.785. The number of aromatic nitrogens is 3.